The number of hydrogen-bond acceptors (Lipinski definition) is 3. The summed E-state index contributed by atoms with van der Waals surface area (Å²) >= 11 is 6.12. The maximum Gasteiger partial charge on any atom is 0.203 e. The third kappa shape index (κ3) is 3.08. The Morgan fingerprint density at radius 2 is 1.88 bits per heavy atom. The number of fused-ring (bicyclic) bond motifs is 1. The highest BCUT2D eigenvalue weighted by Crippen LogP contribution is 2.26. The molecule has 124 valence electrons. The summed E-state index contributed by atoms with van der Waals surface area (Å²) in [7, 11) is 1.88. The van der Waals surface area contributed by atoms with Crippen LogP contribution in [-0.2, 0) is 6.54 Å². The number of halogens is 1. The summed E-state index contributed by atoms with van der Waals surface area (Å²) in [4.78, 5) is 9.19. The molecule has 5 heteroatoms. The van der Waals surface area contributed by atoms with E-state index in [9.17, 15) is 0 Å². The molecule has 0 saturated carbocycles. The van der Waals surface area contributed by atoms with Crippen LogP contribution in [0, 0.1) is 0 Å². The fourth-order valence-electron chi connectivity index (χ4n) is 2.95. The smallest absolute Gasteiger partial charge is 0.203 e. The predicted molar refractivity (Wildman–Crippen MR) is 103 cm³/mol. The number of anilines is 1. The van der Waals surface area contributed by atoms with Gasteiger partial charge >= 0.3 is 0 Å². The van der Waals surface area contributed by atoms with Crippen LogP contribution in [0.3, 0.4) is 0 Å². The highest BCUT2D eigenvalue weighted by molar-refractivity contribution is 6.30. The maximum absolute atomic E-state index is 6.12. The van der Waals surface area contributed by atoms with Crippen molar-refractivity contribution in [1.29, 1.82) is 0 Å². The van der Waals surface area contributed by atoms with Crippen LogP contribution in [0.4, 0.5) is 5.95 Å². The van der Waals surface area contributed by atoms with Gasteiger partial charge in [0.05, 0.1) is 24.0 Å². The van der Waals surface area contributed by atoms with Crippen LogP contribution in [0.25, 0.3) is 22.3 Å². The predicted octanol–water partition coefficient (Wildman–Crippen LogP) is 4.84. The lowest BCUT2D eigenvalue weighted by Gasteiger charge is -2.09. The summed E-state index contributed by atoms with van der Waals surface area (Å²) in [5, 5.41) is 3.88. The van der Waals surface area contributed by atoms with Crippen LogP contribution in [0.15, 0.2) is 66.9 Å². The zero-order valence-corrected chi connectivity index (χ0v) is 14.5. The molecule has 0 fully saturated rings. The minimum absolute atomic E-state index is 0.702. The minimum Gasteiger partial charge on any atom is -0.359 e. The van der Waals surface area contributed by atoms with Gasteiger partial charge in [0.2, 0.25) is 5.95 Å². The Kier molecular flexibility index (Phi) is 4.12. The lowest BCUT2D eigenvalue weighted by molar-refractivity contribution is 0.832. The normalized spacial score (nSPS) is 11.0. The molecule has 4 rings (SSSR count). The van der Waals surface area contributed by atoms with E-state index in [1.165, 1.54) is 5.56 Å². The molecule has 4 nitrogen and oxygen atoms in total. The first-order valence-electron chi connectivity index (χ1n) is 8.08. The van der Waals surface area contributed by atoms with Crippen molar-refractivity contribution in [2.75, 3.05) is 12.4 Å². The lowest BCUT2D eigenvalue weighted by atomic mass is 10.1. The molecule has 4 aromatic rings. The molecule has 0 radical (unpaired) electrons. The second-order valence-corrected chi connectivity index (χ2v) is 6.26. The fourth-order valence-corrected chi connectivity index (χ4v) is 3.14. The molecule has 2 heterocycles. The molecule has 0 unspecified atom stereocenters. The molecule has 0 spiro atoms. The maximum atomic E-state index is 6.12. The van der Waals surface area contributed by atoms with E-state index in [4.69, 9.17) is 11.6 Å². The summed E-state index contributed by atoms with van der Waals surface area (Å²) in [5.74, 6) is 0.823. The number of nitrogens with one attached hydrogen (secondary N) is 1. The zero-order valence-electron chi connectivity index (χ0n) is 13.8. The number of benzene rings is 2. The number of nitrogens with zero attached hydrogens (tertiary/aromatic N) is 3. The van der Waals surface area contributed by atoms with Gasteiger partial charge in [-0.2, -0.15) is 0 Å². The van der Waals surface area contributed by atoms with Crippen LogP contribution in [0.5, 0.6) is 0 Å². The Hall–Kier alpha value is -2.85. The van der Waals surface area contributed by atoms with Crippen LogP contribution >= 0.6 is 11.6 Å². The van der Waals surface area contributed by atoms with Gasteiger partial charge in [0, 0.05) is 17.6 Å². The summed E-state index contributed by atoms with van der Waals surface area (Å²) in [6.45, 7) is 0.743. The van der Waals surface area contributed by atoms with Crippen LogP contribution in [-0.4, -0.2) is 21.6 Å². The van der Waals surface area contributed by atoms with Gasteiger partial charge < -0.3 is 9.88 Å². The Balaban J connectivity index is 1.84. The van der Waals surface area contributed by atoms with E-state index in [0.717, 1.165) is 34.8 Å². The molecule has 0 saturated heterocycles. The first kappa shape index (κ1) is 15.7. The standard InChI is InChI=1S/C20H17ClN4/c1-22-20-24-18-12-23-17(15-8-5-9-16(21)10-15)11-19(18)25(20)13-14-6-3-2-4-7-14/h2-12H,13H2,1H3,(H,22,24). The Morgan fingerprint density at radius 1 is 1.04 bits per heavy atom. The topological polar surface area (TPSA) is 42.7 Å². The van der Waals surface area contributed by atoms with Gasteiger partial charge in [0.15, 0.2) is 0 Å². The van der Waals surface area contributed by atoms with Crippen molar-refractivity contribution < 1.29 is 0 Å². The number of pyridine rings is 1. The molecule has 2 aromatic carbocycles. The summed E-state index contributed by atoms with van der Waals surface area (Å²) < 4.78 is 2.17. The van der Waals surface area contributed by atoms with E-state index in [0.29, 0.717) is 5.02 Å². The van der Waals surface area contributed by atoms with Crippen molar-refractivity contribution >= 4 is 28.6 Å². The average molecular weight is 349 g/mol. The van der Waals surface area contributed by atoms with Crippen molar-refractivity contribution in [2.24, 2.45) is 0 Å². The van der Waals surface area contributed by atoms with Crippen molar-refractivity contribution in [1.82, 2.24) is 14.5 Å². The monoisotopic (exact) mass is 348 g/mol. The number of rotatable bonds is 4. The molecule has 1 N–H and O–H groups in total. The van der Waals surface area contributed by atoms with Gasteiger partial charge in [-0.1, -0.05) is 54.1 Å². The molecule has 0 amide bonds. The largest absolute Gasteiger partial charge is 0.359 e. The number of hydrogen-bond donors (Lipinski definition) is 1. The fraction of sp³-hybridized carbons (Fsp3) is 0.100. The molecule has 0 atom stereocenters. The van der Waals surface area contributed by atoms with Crippen LogP contribution < -0.4 is 5.32 Å². The van der Waals surface area contributed by atoms with Crippen LogP contribution in [0.1, 0.15) is 5.56 Å². The van der Waals surface area contributed by atoms with Crippen molar-refractivity contribution in [3.63, 3.8) is 0 Å². The number of imidazole rings is 1. The highest BCUT2D eigenvalue weighted by Gasteiger charge is 2.12. The highest BCUT2D eigenvalue weighted by atomic mass is 35.5. The van der Waals surface area contributed by atoms with Crippen molar-refractivity contribution in [3.05, 3.63) is 77.4 Å². The zero-order chi connectivity index (χ0) is 17.2. The molecule has 0 aliphatic heterocycles. The second-order valence-electron chi connectivity index (χ2n) is 5.83. The van der Waals surface area contributed by atoms with Gasteiger partial charge in [-0.05, 0) is 23.8 Å². The minimum atomic E-state index is 0.702. The van der Waals surface area contributed by atoms with Crippen LogP contribution in [0.2, 0.25) is 5.02 Å². The third-order valence-electron chi connectivity index (χ3n) is 4.16. The van der Waals surface area contributed by atoms with E-state index in [1.807, 2.05) is 55.7 Å². The molecular weight excluding hydrogens is 332 g/mol. The van der Waals surface area contributed by atoms with E-state index in [1.54, 1.807) is 0 Å². The molecule has 0 bridgehead atoms. The SMILES string of the molecule is CNc1nc2cnc(-c3cccc(Cl)c3)cc2n1Cc1ccccc1. The molecule has 25 heavy (non-hydrogen) atoms. The Morgan fingerprint density at radius 3 is 2.64 bits per heavy atom. The van der Waals surface area contributed by atoms with Gasteiger partial charge in [-0.15, -0.1) is 0 Å². The van der Waals surface area contributed by atoms with Crippen molar-refractivity contribution in [2.45, 2.75) is 6.54 Å². The van der Waals surface area contributed by atoms with E-state index >= 15 is 0 Å². The van der Waals surface area contributed by atoms with Gasteiger partial charge in [0.1, 0.15) is 5.52 Å². The summed E-state index contributed by atoms with van der Waals surface area (Å²) in [6.07, 6.45) is 1.81. The van der Waals surface area contributed by atoms with E-state index in [-0.39, 0.29) is 0 Å². The summed E-state index contributed by atoms with van der Waals surface area (Å²) in [5.41, 5.74) is 5.00. The van der Waals surface area contributed by atoms with Gasteiger partial charge in [0.25, 0.3) is 0 Å². The first-order chi connectivity index (χ1) is 12.2. The number of aromatic nitrogens is 3. The Labute approximate surface area is 151 Å². The molecular formula is C20H17ClN4. The summed E-state index contributed by atoms with van der Waals surface area (Å²) in [6, 6.07) is 20.1. The van der Waals surface area contributed by atoms with Gasteiger partial charge in [-0.25, -0.2) is 4.98 Å². The Bertz CT molecular complexity index is 1020. The first-order valence-corrected chi connectivity index (χ1v) is 8.46. The third-order valence-corrected chi connectivity index (χ3v) is 4.40. The van der Waals surface area contributed by atoms with Crippen molar-refractivity contribution in [3.8, 4) is 11.3 Å². The van der Waals surface area contributed by atoms with E-state index < -0.39 is 0 Å². The van der Waals surface area contributed by atoms with E-state index in [2.05, 4.69) is 38.1 Å². The quantitative estimate of drug-likeness (QED) is 0.573. The lowest BCUT2D eigenvalue weighted by Crippen LogP contribution is -2.05. The molecule has 0 aliphatic rings. The second kappa shape index (κ2) is 6.57. The average Bonchev–Trinajstić information content (AvgIpc) is 2.99. The molecule has 0 aliphatic carbocycles. The molecule has 2 aromatic heterocycles. The van der Waals surface area contributed by atoms with Gasteiger partial charge in [-0.3, -0.25) is 4.98 Å².